The molecule has 0 aliphatic carbocycles. The molecule has 0 saturated carbocycles. The number of rotatable bonds is 7. The van der Waals surface area contributed by atoms with Crippen molar-refractivity contribution in [2.24, 2.45) is 5.10 Å². The van der Waals surface area contributed by atoms with E-state index in [1.54, 1.807) is 50.2 Å². The molecule has 1 amide bonds. The molecule has 0 heterocycles. The highest BCUT2D eigenvalue weighted by molar-refractivity contribution is 5.97. The minimum absolute atomic E-state index is 0.113. The average molecular weight is 356 g/mol. The molecular formula is C19H20N2O5. The number of hydrogen-bond donors (Lipinski definition) is 2. The van der Waals surface area contributed by atoms with Crippen LogP contribution < -0.4 is 10.2 Å². The maximum Gasteiger partial charge on any atom is 0.344 e. The zero-order chi connectivity index (χ0) is 18.9. The molecule has 136 valence electrons. The van der Waals surface area contributed by atoms with Gasteiger partial charge < -0.3 is 14.6 Å². The molecule has 0 atom stereocenters. The molecule has 0 unspecified atom stereocenters. The Labute approximate surface area is 151 Å². The van der Waals surface area contributed by atoms with Gasteiger partial charge in [0.2, 0.25) is 0 Å². The first kappa shape index (κ1) is 19.0. The van der Waals surface area contributed by atoms with E-state index < -0.39 is 11.9 Å². The van der Waals surface area contributed by atoms with Gasteiger partial charge >= 0.3 is 5.97 Å². The molecule has 0 aliphatic heterocycles. The summed E-state index contributed by atoms with van der Waals surface area (Å²) in [6.07, 6.45) is 1.27. The largest absolute Gasteiger partial charge is 0.507 e. The Morgan fingerprint density at radius 1 is 1.15 bits per heavy atom. The monoisotopic (exact) mass is 356 g/mol. The molecule has 7 heteroatoms. The van der Waals surface area contributed by atoms with E-state index in [4.69, 9.17) is 9.47 Å². The topological polar surface area (TPSA) is 97.2 Å². The number of hydrogen-bond acceptors (Lipinski definition) is 6. The molecule has 0 fully saturated rings. The van der Waals surface area contributed by atoms with Crippen LogP contribution >= 0.6 is 0 Å². The lowest BCUT2D eigenvalue weighted by Gasteiger charge is -2.09. The lowest BCUT2D eigenvalue weighted by atomic mass is 10.2. The lowest BCUT2D eigenvalue weighted by molar-refractivity contribution is -0.149. The van der Waals surface area contributed by atoms with E-state index in [-0.39, 0.29) is 24.0 Å². The molecule has 0 bridgehead atoms. The van der Waals surface area contributed by atoms with Gasteiger partial charge in [-0.25, -0.2) is 10.2 Å². The predicted octanol–water partition coefficient (Wildman–Crippen LogP) is 2.49. The fourth-order valence-corrected chi connectivity index (χ4v) is 1.98. The Balaban J connectivity index is 1.85. The van der Waals surface area contributed by atoms with Crippen molar-refractivity contribution in [3.05, 3.63) is 59.7 Å². The van der Waals surface area contributed by atoms with E-state index in [0.717, 1.165) is 5.56 Å². The van der Waals surface area contributed by atoms with Gasteiger partial charge in [0.05, 0.1) is 17.9 Å². The van der Waals surface area contributed by atoms with E-state index in [1.807, 2.05) is 0 Å². The van der Waals surface area contributed by atoms with Crippen molar-refractivity contribution in [2.75, 3.05) is 6.61 Å². The third kappa shape index (κ3) is 5.94. The summed E-state index contributed by atoms with van der Waals surface area (Å²) in [6, 6.07) is 13.0. The Morgan fingerprint density at radius 3 is 2.50 bits per heavy atom. The summed E-state index contributed by atoms with van der Waals surface area (Å²) >= 11 is 0. The van der Waals surface area contributed by atoms with Gasteiger partial charge in [-0.1, -0.05) is 12.1 Å². The summed E-state index contributed by atoms with van der Waals surface area (Å²) in [5.74, 6) is -0.542. The summed E-state index contributed by atoms with van der Waals surface area (Å²) in [7, 11) is 0. The molecule has 0 aromatic heterocycles. The fourth-order valence-electron chi connectivity index (χ4n) is 1.98. The van der Waals surface area contributed by atoms with Crippen molar-refractivity contribution in [1.82, 2.24) is 5.43 Å². The van der Waals surface area contributed by atoms with E-state index in [1.165, 1.54) is 18.3 Å². The maximum atomic E-state index is 11.9. The highest BCUT2D eigenvalue weighted by atomic mass is 16.6. The van der Waals surface area contributed by atoms with Crippen molar-refractivity contribution < 1.29 is 24.2 Å². The van der Waals surface area contributed by atoms with E-state index >= 15 is 0 Å². The van der Waals surface area contributed by atoms with Gasteiger partial charge in [0.25, 0.3) is 5.91 Å². The molecule has 2 N–H and O–H groups in total. The van der Waals surface area contributed by atoms with Gasteiger partial charge in [-0.3, -0.25) is 4.79 Å². The predicted molar refractivity (Wildman–Crippen MR) is 96.3 cm³/mol. The first-order chi connectivity index (χ1) is 12.5. The van der Waals surface area contributed by atoms with Crippen molar-refractivity contribution in [1.29, 1.82) is 0 Å². The van der Waals surface area contributed by atoms with Gasteiger partial charge in [-0.05, 0) is 55.8 Å². The average Bonchev–Trinajstić information content (AvgIpc) is 2.61. The number of carbonyl (C=O) groups excluding carboxylic acids is 2. The minimum atomic E-state index is -0.511. The van der Waals surface area contributed by atoms with Crippen molar-refractivity contribution in [3.63, 3.8) is 0 Å². The van der Waals surface area contributed by atoms with Gasteiger partial charge in [0.1, 0.15) is 11.5 Å². The van der Waals surface area contributed by atoms with Crippen LogP contribution in [0.2, 0.25) is 0 Å². The molecular weight excluding hydrogens is 336 g/mol. The van der Waals surface area contributed by atoms with Crippen LogP contribution in [0.15, 0.2) is 53.6 Å². The molecule has 26 heavy (non-hydrogen) atoms. The van der Waals surface area contributed by atoms with Crippen LogP contribution in [0.25, 0.3) is 0 Å². The maximum absolute atomic E-state index is 11.9. The van der Waals surface area contributed by atoms with Crippen LogP contribution in [0.4, 0.5) is 0 Å². The summed E-state index contributed by atoms with van der Waals surface area (Å²) in [5, 5.41) is 13.5. The molecule has 2 rings (SSSR count). The Hall–Kier alpha value is -3.35. The molecule has 0 spiro atoms. The van der Waals surface area contributed by atoms with Gasteiger partial charge in [-0.15, -0.1) is 0 Å². The first-order valence-electron chi connectivity index (χ1n) is 7.99. The number of nitrogens with zero attached hydrogens (tertiary/aromatic N) is 1. The van der Waals surface area contributed by atoms with E-state index in [0.29, 0.717) is 5.75 Å². The molecule has 2 aromatic carbocycles. The smallest absolute Gasteiger partial charge is 0.344 e. The second kappa shape index (κ2) is 9.22. The number of aromatic hydroxyl groups is 1. The van der Waals surface area contributed by atoms with Gasteiger partial charge in [-0.2, -0.15) is 5.10 Å². The van der Waals surface area contributed by atoms with Crippen LogP contribution in [0.5, 0.6) is 11.5 Å². The molecule has 2 aromatic rings. The second-order valence-electron chi connectivity index (χ2n) is 5.61. The number of nitrogens with one attached hydrogen (secondary N) is 1. The summed E-state index contributed by atoms with van der Waals surface area (Å²) in [4.78, 5) is 23.3. The second-order valence-corrected chi connectivity index (χ2v) is 5.61. The number of para-hydroxylation sites is 1. The number of carbonyl (C=O) groups is 2. The number of phenols is 1. The van der Waals surface area contributed by atoms with Crippen LogP contribution in [-0.2, 0) is 9.53 Å². The van der Waals surface area contributed by atoms with E-state index in [9.17, 15) is 14.7 Å². The zero-order valence-corrected chi connectivity index (χ0v) is 14.5. The van der Waals surface area contributed by atoms with Gasteiger partial charge in [0, 0.05) is 0 Å². The molecule has 0 aliphatic rings. The molecule has 0 radical (unpaired) electrons. The van der Waals surface area contributed by atoms with Crippen LogP contribution in [-0.4, -0.2) is 35.9 Å². The van der Waals surface area contributed by atoms with Crippen molar-refractivity contribution >= 4 is 18.1 Å². The number of ether oxygens (including phenoxy) is 2. The highest BCUT2D eigenvalue weighted by Gasteiger charge is 2.08. The Kier molecular flexibility index (Phi) is 6.73. The summed E-state index contributed by atoms with van der Waals surface area (Å²) < 4.78 is 10.3. The quantitative estimate of drug-likeness (QED) is 0.451. The fraction of sp³-hybridized carbons (Fsp3) is 0.211. The number of hydrazone groups is 1. The third-order valence-corrected chi connectivity index (χ3v) is 3.13. The van der Waals surface area contributed by atoms with E-state index in [2.05, 4.69) is 10.5 Å². The third-order valence-electron chi connectivity index (χ3n) is 3.13. The van der Waals surface area contributed by atoms with Gasteiger partial charge in [0.15, 0.2) is 6.61 Å². The zero-order valence-electron chi connectivity index (χ0n) is 14.5. The first-order valence-corrected chi connectivity index (χ1v) is 7.99. The van der Waals surface area contributed by atoms with Crippen molar-refractivity contribution in [2.45, 2.75) is 20.0 Å². The van der Waals surface area contributed by atoms with Crippen LogP contribution in [0.3, 0.4) is 0 Å². The SMILES string of the molecule is CC(C)OC(=O)COc1ccc(C=NNC(=O)c2ccccc2O)cc1. The number of benzene rings is 2. The van der Waals surface area contributed by atoms with Crippen LogP contribution in [0, 0.1) is 0 Å². The molecule has 0 saturated heterocycles. The van der Waals surface area contributed by atoms with Crippen molar-refractivity contribution in [3.8, 4) is 11.5 Å². The minimum Gasteiger partial charge on any atom is -0.507 e. The normalized spacial score (nSPS) is 10.7. The number of phenolic OH excluding ortho intramolecular Hbond substituents is 1. The summed E-state index contributed by atoms with van der Waals surface area (Å²) in [6.45, 7) is 3.37. The molecule has 7 nitrogen and oxygen atoms in total. The number of esters is 1. The Morgan fingerprint density at radius 2 is 1.85 bits per heavy atom. The number of amides is 1. The summed E-state index contributed by atoms with van der Waals surface area (Å²) in [5.41, 5.74) is 3.20. The van der Waals surface area contributed by atoms with Crippen LogP contribution in [0.1, 0.15) is 29.8 Å². The highest BCUT2D eigenvalue weighted by Crippen LogP contribution is 2.15. The lowest BCUT2D eigenvalue weighted by Crippen LogP contribution is -2.18. The standard InChI is InChI=1S/C19H20N2O5/c1-13(2)26-18(23)12-25-15-9-7-14(8-10-15)11-20-21-19(24)16-5-3-4-6-17(16)22/h3-11,13,22H,12H2,1-2H3,(H,21,24). The Bertz CT molecular complexity index is 785.